The molecular weight excluding hydrogens is 384 g/mol. The van der Waals surface area contributed by atoms with Crippen molar-refractivity contribution in [3.8, 4) is 11.3 Å². The van der Waals surface area contributed by atoms with Crippen molar-refractivity contribution in [1.29, 1.82) is 0 Å². The first-order valence-corrected chi connectivity index (χ1v) is 10.1. The number of ether oxygens (including phenoxy) is 2. The third-order valence-corrected chi connectivity index (χ3v) is 5.13. The van der Waals surface area contributed by atoms with E-state index in [1.807, 2.05) is 25.1 Å². The number of nitrogens with zero attached hydrogens (tertiary/aromatic N) is 1. The van der Waals surface area contributed by atoms with Crippen LogP contribution in [0, 0.1) is 5.92 Å². The van der Waals surface area contributed by atoms with Gasteiger partial charge in [0.15, 0.2) is 0 Å². The largest absolute Gasteiger partial charge is 0.447 e. The smallest absolute Gasteiger partial charge is 0.411 e. The van der Waals surface area contributed by atoms with E-state index in [1.54, 1.807) is 18.3 Å². The van der Waals surface area contributed by atoms with Gasteiger partial charge in [-0.05, 0) is 48.7 Å². The summed E-state index contributed by atoms with van der Waals surface area (Å²) >= 11 is 0. The minimum absolute atomic E-state index is 0.0821. The number of hydrogen-bond acceptors (Lipinski definition) is 6. The first-order valence-electron chi connectivity index (χ1n) is 10.1. The lowest BCUT2D eigenvalue weighted by Crippen LogP contribution is -2.22. The summed E-state index contributed by atoms with van der Waals surface area (Å²) in [7, 11) is 1.53. The summed E-state index contributed by atoms with van der Waals surface area (Å²) in [5.74, 6) is -0.243. The number of amides is 2. The maximum absolute atomic E-state index is 12.7. The third-order valence-electron chi connectivity index (χ3n) is 5.13. The maximum Gasteiger partial charge on any atom is 0.411 e. The molecule has 0 saturated carbocycles. The molecule has 2 heterocycles. The number of nitrogens with one attached hydrogen (secondary N) is 2. The van der Waals surface area contributed by atoms with E-state index in [1.165, 1.54) is 7.11 Å². The number of hydrogen-bond donors (Lipinski definition) is 3. The van der Waals surface area contributed by atoms with Gasteiger partial charge in [0.05, 0.1) is 18.0 Å². The van der Waals surface area contributed by atoms with Crippen LogP contribution in [0.25, 0.3) is 11.3 Å². The summed E-state index contributed by atoms with van der Waals surface area (Å²) in [6.07, 6.45) is 3.54. The summed E-state index contributed by atoms with van der Waals surface area (Å²) in [5.41, 5.74) is 9.89. The number of carbonyl (C=O) groups is 2. The van der Waals surface area contributed by atoms with Crippen molar-refractivity contribution in [3.05, 3.63) is 42.1 Å². The summed E-state index contributed by atoms with van der Waals surface area (Å²) in [6, 6.07) is 9.03. The Morgan fingerprint density at radius 3 is 2.90 bits per heavy atom. The highest BCUT2D eigenvalue weighted by Gasteiger charge is 2.19. The van der Waals surface area contributed by atoms with Gasteiger partial charge in [-0.15, -0.1) is 0 Å². The average Bonchev–Trinajstić information content (AvgIpc) is 2.73. The Morgan fingerprint density at radius 1 is 1.27 bits per heavy atom. The second-order valence-corrected chi connectivity index (χ2v) is 7.42. The van der Waals surface area contributed by atoms with E-state index in [0.717, 1.165) is 30.4 Å². The monoisotopic (exact) mass is 412 g/mol. The molecule has 8 heteroatoms. The SMILES string of the molecule is COCCOC(=O)Nc1ccc2c(c1)NC(=O)[C@H](C)CCC[C@H](N)c1ccnc-2c1. The van der Waals surface area contributed by atoms with Crippen LogP contribution < -0.4 is 16.4 Å². The number of anilines is 2. The van der Waals surface area contributed by atoms with E-state index >= 15 is 0 Å². The van der Waals surface area contributed by atoms with Crippen LogP contribution in [-0.2, 0) is 14.3 Å². The van der Waals surface area contributed by atoms with Crippen molar-refractivity contribution in [3.63, 3.8) is 0 Å². The van der Waals surface area contributed by atoms with E-state index in [0.29, 0.717) is 23.7 Å². The fourth-order valence-corrected chi connectivity index (χ4v) is 3.34. The van der Waals surface area contributed by atoms with Crippen LogP contribution in [0.3, 0.4) is 0 Å². The third kappa shape index (κ3) is 5.55. The quantitative estimate of drug-likeness (QED) is 0.660. The molecule has 30 heavy (non-hydrogen) atoms. The predicted octanol–water partition coefficient (Wildman–Crippen LogP) is 3.70. The van der Waals surface area contributed by atoms with Crippen LogP contribution in [0.1, 0.15) is 37.8 Å². The van der Waals surface area contributed by atoms with Gasteiger partial charge in [-0.3, -0.25) is 15.1 Å². The zero-order chi connectivity index (χ0) is 21.5. The van der Waals surface area contributed by atoms with Crippen LogP contribution >= 0.6 is 0 Å². The molecule has 0 unspecified atom stereocenters. The van der Waals surface area contributed by atoms with Gasteiger partial charge in [-0.2, -0.15) is 0 Å². The van der Waals surface area contributed by atoms with Crippen LogP contribution in [-0.4, -0.2) is 37.3 Å². The number of rotatable bonds is 4. The maximum atomic E-state index is 12.7. The molecule has 4 N–H and O–H groups in total. The fourth-order valence-electron chi connectivity index (χ4n) is 3.34. The Morgan fingerprint density at radius 2 is 2.10 bits per heavy atom. The number of aromatic nitrogens is 1. The van der Waals surface area contributed by atoms with E-state index in [2.05, 4.69) is 15.6 Å². The van der Waals surface area contributed by atoms with Crippen molar-refractivity contribution in [2.75, 3.05) is 31.0 Å². The predicted molar refractivity (Wildman–Crippen MR) is 115 cm³/mol. The molecule has 0 radical (unpaired) electrons. The normalized spacial score (nSPS) is 19.0. The highest BCUT2D eigenvalue weighted by atomic mass is 16.6. The molecule has 2 aromatic rings. The highest BCUT2D eigenvalue weighted by Crippen LogP contribution is 2.32. The lowest BCUT2D eigenvalue weighted by Gasteiger charge is -2.20. The molecule has 1 aromatic carbocycles. The Labute approximate surface area is 176 Å². The number of methoxy groups -OCH3 is 1. The molecule has 0 fully saturated rings. The summed E-state index contributed by atoms with van der Waals surface area (Å²) in [5, 5.41) is 5.66. The molecule has 3 rings (SSSR count). The molecule has 0 aliphatic carbocycles. The summed E-state index contributed by atoms with van der Waals surface area (Å²) < 4.78 is 9.90. The molecule has 0 saturated heterocycles. The van der Waals surface area contributed by atoms with Crippen molar-refractivity contribution in [2.45, 2.75) is 32.2 Å². The minimum atomic E-state index is -0.592. The zero-order valence-electron chi connectivity index (χ0n) is 17.3. The minimum Gasteiger partial charge on any atom is -0.447 e. The lowest BCUT2D eigenvalue weighted by atomic mass is 9.95. The van der Waals surface area contributed by atoms with Crippen LogP contribution in [0.2, 0.25) is 0 Å². The Kier molecular flexibility index (Phi) is 7.37. The summed E-state index contributed by atoms with van der Waals surface area (Å²) in [4.78, 5) is 29.1. The molecule has 1 aromatic heterocycles. The zero-order valence-corrected chi connectivity index (χ0v) is 17.3. The highest BCUT2D eigenvalue weighted by molar-refractivity contribution is 5.98. The molecule has 8 nitrogen and oxygen atoms in total. The molecular formula is C22H28N4O4. The van der Waals surface area contributed by atoms with Gasteiger partial charge in [0.25, 0.3) is 0 Å². The summed E-state index contributed by atoms with van der Waals surface area (Å²) in [6.45, 7) is 2.37. The van der Waals surface area contributed by atoms with E-state index in [-0.39, 0.29) is 24.5 Å². The molecule has 160 valence electrons. The van der Waals surface area contributed by atoms with Crippen molar-refractivity contribution < 1.29 is 19.1 Å². The topological polar surface area (TPSA) is 116 Å². The van der Waals surface area contributed by atoms with Gasteiger partial charge in [0.2, 0.25) is 5.91 Å². The number of fused-ring (bicyclic) bond motifs is 4. The molecule has 0 spiro atoms. The first kappa shape index (κ1) is 21.7. The van der Waals surface area contributed by atoms with Gasteiger partial charge in [0, 0.05) is 36.5 Å². The van der Waals surface area contributed by atoms with Gasteiger partial charge in [-0.25, -0.2) is 4.79 Å². The van der Waals surface area contributed by atoms with Crippen LogP contribution in [0.5, 0.6) is 0 Å². The van der Waals surface area contributed by atoms with E-state index in [9.17, 15) is 9.59 Å². The van der Waals surface area contributed by atoms with Gasteiger partial charge >= 0.3 is 6.09 Å². The average molecular weight is 412 g/mol. The second kappa shape index (κ2) is 10.2. The van der Waals surface area contributed by atoms with Crippen molar-refractivity contribution in [1.82, 2.24) is 4.98 Å². The molecule has 2 amide bonds. The Bertz CT molecular complexity index is 902. The van der Waals surface area contributed by atoms with Gasteiger partial charge < -0.3 is 20.5 Å². The van der Waals surface area contributed by atoms with Crippen LogP contribution in [0.4, 0.5) is 16.2 Å². The first-order chi connectivity index (χ1) is 14.5. The molecule has 1 aliphatic heterocycles. The Hall–Kier alpha value is -2.97. The second-order valence-electron chi connectivity index (χ2n) is 7.42. The molecule has 2 bridgehead atoms. The van der Waals surface area contributed by atoms with Gasteiger partial charge in [-0.1, -0.05) is 13.3 Å². The van der Waals surface area contributed by atoms with Crippen molar-refractivity contribution >= 4 is 23.4 Å². The van der Waals surface area contributed by atoms with E-state index < -0.39 is 6.09 Å². The van der Waals surface area contributed by atoms with Crippen LogP contribution in [0.15, 0.2) is 36.5 Å². The number of benzene rings is 1. The van der Waals surface area contributed by atoms with E-state index in [4.69, 9.17) is 15.2 Å². The fraction of sp³-hybridized carbons (Fsp3) is 0.409. The van der Waals surface area contributed by atoms with Crippen molar-refractivity contribution in [2.24, 2.45) is 11.7 Å². The number of carbonyl (C=O) groups excluding carboxylic acids is 2. The molecule has 1 aliphatic rings. The standard InChI is InChI=1S/C22H28N4O4/c1-14-4-3-5-18(23)15-8-9-24-19(12-15)17-7-6-16(13-20(17)26-21(14)27)25-22(28)30-11-10-29-2/h6-9,12-14,18H,3-5,10-11,23H2,1-2H3,(H,25,28)(H,26,27)/t14-,18+/m1/s1. The number of pyridine rings is 1. The van der Waals surface area contributed by atoms with Gasteiger partial charge in [0.1, 0.15) is 6.61 Å². The molecule has 2 atom stereocenters. The number of nitrogens with two attached hydrogens (primary N) is 1. The lowest BCUT2D eigenvalue weighted by molar-refractivity contribution is -0.119. The Balaban J connectivity index is 1.93.